The number of nitrogens with zero attached hydrogens (tertiary/aromatic N) is 1. The predicted molar refractivity (Wildman–Crippen MR) is 55.2 cm³/mol. The molecule has 1 aromatic rings. The van der Waals surface area contributed by atoms with E-state index in [4.69, 9.17) is 5.26 Å². The summed E-state index contributed by atoms with van der Waals surface area (Å²) in [5, 5.41) is 11.9. The zero-order valence-electron chi connectivity index (χ0n) is 7.64. The van der Waals surface area contributed by atoms with Gasteiger partial charge in [-0.05, 0) is 11.8 Å². The maximum Gasteiger partial charge on any atom is 0.0972 e. The van der Waals surface area contributed by atoms with Crippen LogP contribution in [0.3, 0.4) is 0 Å². The second-order valence-electron chi connectivity index (χ2n) is 3.13. The smallest absolute Gasteiger partial charge is 0.0972 e. The fourth-order valence-electron chi connectivity index (χ4n) is 1.54. The van der Waals surface area contributed by atoms with Crippen LogP contribution in [0.2, 0.25) is 0 Å². The summed E-state index contributed by atoms with van der Waals surface area (Å²) in [5.41, 5.74) is 1.90. The minimum atomic E-state index is 0.0995. The number of allylic oxidation sites excluding steroid dienone is 2. The summed E-state index contributed by atoms with van der Waals surface area (Å²) in [4.78, 5) is 0. The Bertz CT molecular complexity index is 410. The molecule has 1 aliphatic heterocycles. The molecular formula is C12H10N2. The molecule has 1 heterocycles. The van der Waals surface area contributed by atoms with E-state index in [9.17, 15) is 0 Å². The first kappa shape index (κ1) is 8.58. The van der Waals surface area contributed by atoms with E-state index in [0.717, 1.165) is 11.1 Å². The lowest BCUT2D eigenvalue weighted by Crippen LogP contribution is -2.08. The van der Waals surface area contributed by atoms with Crippen molar-refractivity contribution in [3.63, 3.8) is 0 Å². The van der Waals surface area contributed by atoms with E-state index in [-0.39, 0.29) is 5.92 Å². The summed E-state index contributed by atoms with van der Waals surface area (Å²) >= 11 is 0. The molecule has 1 atom stereocenters. The number of dihydropyridines is 1. The highest BCUT2D eigenvalue weighted by Crippen LogP contribution is 2.26. The van der Waals surface area contributed by atoms with Gasteiger partial charge in [-0.1, -0.05) is 36.4 Å². The van der Waals surface area contributed by atoms with E-state index in [1.54, 1.807) is 6.20 Å². The fourth-order valence-corrected chi connectivity index (χ4v) is 1.54. The minimum absolute atomic E-state index is 0.0995. The van der Waals surface area contributed by atoms with E-state index in [2.05, 4.69) is 11.4 Å². The molecule has 1 unspecified atom stereocenters. The molecule has 0 saturated carbocycles. The van der Waals surface area contributed by atoms with Crippen molar-refractivity contribution in [2.75, 3.05) is 0 Å². The van der Waals surface area contributed by atoms with Crippen LogP contribution in [-0.4, -0.2) is 0 Å². The van der Waals surface area contributed by atoms with E-state index in [1.807, 2.05) is 42.6 Å². The van der Waals surface area contributed by atoms with Gasteiger partial charge >= 0.3 is 0 Å². The SMILES string of the molecule is N#CC1=CNC=CC1c1ccccc1. The van der Waals surface area contributed by atoms with E-state index in [0.29, 0.717) is 0 Å². The normalized spacial score (nSPS) is 19.4. The van der Waals surface area contributed by atoms with Crippen molar-refractivity contribution in [3.8, 4) is 6.07 Å². The van der Waals surface area contributed by atoms with Crippen LogP contribution in [0.1, 0.15) is 11.5 Å². The predicted octanol–water partition coefficient (Wildman–Crippen LogP) is 2.29. The quantitative estimate of drug-likeness (QED) is 0.723. The molecule has 1 N–H and O–H groups in total. The van der Waals surface area contributed by atoms with Gasteiger partial charge in [0, 0.05) is 12.1 Å². The van der Waals surface area contributed by atoms with Crippen molar-refractivity contribution in [1.82, 2.24) is 5.32 Å². The fraction of sp³-hybridized carbons (Fsp3) is 0.0833. The molecule has 1 aliphatic rings. The van der Waals surface area contributed by atoms with Crippen molar-refractivity contribution in [2.24, 2.45) is 0 Å². The van der Waals surface area contributed by atoms with Gasteiger partial charge in [0.2, 0.25) is 0 Å². The summed E-state index contributed by atoms with van der Waals surface area (Å²) < 4.78 is 0. The van der Waals surface area contributed by atoms with Crippen molar-refractivity contribution in [2.45, 2.75) is 5.92 Å². The average Bonchev–Trinajstić information content (AvgIpc) is 2.30. The van der Waals surface area contributed by atoms with Gasteiger partial charge in [0.15, 0.2) is 0 Å². The van der Waals surface area contributed by atoms with Gasteiger partial charge in [-0.15, -0.1) is 0 Å². The number of nitrogens with one attached hydrogen (secondary N) is 1. The summed E-state index contributed by atoms with van der Waals surface area (Å²) in [6, 6.07) is 12.2. The Morgan fingerprint density at radius 3 is 2.71 bits per heavy atom. The number of benzene rings is 1. The molecular weight excluding hydrogens is 172 g/mol. The highest BCUT2D eigenvalue weighted by molar-refractivity contribution is 5.42. The van der Waals surface area contributed by atoms with Crippen LogP contribution in [0.4, 0.5) is 0 Å². The maximum atomic E-state index is 8.93. The Kier molecular flexibility index (Phi) is 2.33. The standard InChI is InChI=1S/C12H10N2/c13-8-11-9-14-7-6-12(11)10-4-2-1-3-5-10/h1-7,9,12,14H. The first-order valence-electron chi connectivity index (χ1n) is 4.49. The Morgan fingerprint density at radius 1 is 1.21 bits per heavy atom. The van der Waals surface area contributed by atoms with Gasteiger partial charge < -0.3 is 5.32 Å². The largest absolute Gasteiger partial charge is 0.367 e. The van der Waals surface area contributed by atoms with Crippen LogP contribution < -0.4 is 5.32 Å². The van der Waals surface area contributed by atoms with Crippen molar-refractivity contribution < 1.29 is 0 Å². The molecule has 2 rings (SSSR count). The Morgan fingerprint density at radius 2 is 2.00 bits per heavy atom. The third kappa shape index (κ3) is 1.53. The average molecular weight is 182 g/mol. The molecule has 0 aromatic heterocycles. The molecule has 0 radical (unpaired) electrons. The monoisotopic (exact) mass is 182 g/mol. The van der Waals surface area contributed by atoms with Crippen LogP contribution in [0.5, 0.6) is 0 Å². The summed E-state index contributed by atoms with van der Waals surface area (Å²) in [7, 11) is 0. The lowest BCUT2D eigenvalue weighted by Gasteiger charge is -2.15. The summed E-state index contributed by atoms with van der Waals surface area (Å²) in [6.45, 7) is 0. The van der Waals surface area contributed by atoms with Crippen LogP contribution in [0.25, 0.3) is 0 Å². The highest BCUT2D eigenvalue weighted by atomic mass is 14.8. The van der Waals surface area contributed by atoms with Crippen LogP contribution >= 0.6 is 0 Å². The number of nitriles is 1. The highest BCUT2D eigenvalue weighted by Gasteiger charge is 2.14. The third-order valence-corrected chi connectivity index (χ3v) is 2.25. The van der Waals surface area contributed by atoms with Gasteiger partial charge in [0.1, 0.15) is 0 Å². The molecule has 14 heavy (non-hydrogen) atoms. The second kappa shape index (κ2) is 3.80. The molecule has 0 bridgehead atoms. The van der Waals surface area contributed by atoms with Gasteiger partial charge in [-0.3, -0.25) is 0 Å². The Labute approximate surface area is 83.2 Å². The zero-order chi connectivity index (χ0) is 9.80. The van der Waals surface area contributed by atoms with Crippen LogP contribution in [0.15, 0.2) is 54.4 Å². The van der Waals surface area contributed by atoms with Gasteiger partial charge in [-0.25, -0.2) is 0 Å². The minimum Gasteiger partial charge on any atom is -0.367 e. The molecule has 2 nitrogen and oxygen atoms in total. The molecule has 0 saturated heterocycles. The van der Waals surface area contributed by atoms with E-state index in [1.165, 1.54) is 0 Å². The molecule has 2 heteroatoms. The number of rotatable bonds is 1. The molecule has 68 valence electrons. The molecule has 0 amide bonds. The van der Waals surface area contributed by atoms with Crippen molar-refractivity contribution in [3.05, 3.63) is 59.9 Å². The summed E-state index contributed by atoms with van der Waals surface area (Å²) in [5.74, 6) is 0.0995. The van der Waals surface area contributed by atoms with Crippen molar-refractivity contribution >= 4 is 0 Å². The van der Waals surface area contributed by atoms with Crippen LogP contribution in [0, 0.1) is 11.3 Å². The van der Waals surface area contributed by atoms with Gasteiger partial charge in [0.05, 0.1) is 11.6 Å². The molecule has 0 fully saturated rings. The van der Waals surface area contributed by atoms with Crippen molar-refractivity contribution in [1.29, 1.82) is 5.26 Å². The number of hydrogen-bond acceptors (Lipinski definition) is 2. The van der Waals surface area contributed by atoms with E-state index < -0.39 is 0 Å². The Balaban J connectivity index is 2.35. The lowest BCUT2D eigenvalue weighted by molar-refractivity contribution is 0.951. The lowest BCUT2D eigenvalue weighted by atomic mass is 9.91. The first-order valence-corrected chi connectivity index (χ1v) is 4.49. The summed E-state index contributed by atoms with van der Waals surface area (Å²) in [6.07, 6.45) is 5.60. The third-order valence-electron chi connectivity index (χ3n) is 2.25. The van der Waals surface area contributed by atoms with E-state index >= 15 is 0 Å². The molecule has 0 aliphatic carbocycles. The Hall–Kier alpha value is -2.01. The first-order chi connectivity index (χ1) is 6.92. The maximum absolute atomic E-state index is 8.93. The second-order valence-corrected chi connectivity index (χ2v) is 3.13. The van der Waals surface area contributed by atoms with Gasteiger partial charge in [-0.2, -0.15) is 5.26 Å². The molecule has 0 spiro atoms. The topological polar surface area (TPSA) is 35.8 Å². The number of hydrogen-bond donors (Lipinski definition) is 1. The van der Waals surface area contributed by atoms with Gasteiger partial charge in [0.25, 0.3) is 0 Å². The zero-order valence-corrected chi connectivity index (χ0v) is 7.64. The van der Waals surface area contributed by atoms with Crippen LogP contribution in [-0.2, 0) is 0 Å². The molecule has 1 aromatic carbocycles.